The molecule has 0 aromatic heterocycles. The van der Waals surface area contributed by atoms with Crippen molar-refractivity contribution >= 4 is 5.69 Å². The molecule has 2 aromatic carbocycles. The Morgan fingerprint density at radius 2 is 1.81 bits per heavy atom. The van der Waals surface area contributed by atoms with Crippen LogP contribution in [0.25, 0.3) is 0 Å². The van der Waals surface area contributed by atoms with Crippen molar-refractivity contribution in [2.24, 2.45) is 0 Å². The van der Waals surface area contributed by atoms with Gasteiger partial charge in [0, 0.05) is 12.1 Å². The first kappa shape index (κ1) is 15.0. The molecule has 0 aliphatic rings. The lowest BCUT2D eigenvalue weighted by molar-refractivity contribution is -0.274. The lowest BCUT2D eigenvalue weighted by Gasteiger charge is -2.15. The molecule has 0 aliphatic carbocycles. The van der Waals surface area contributed by atoms with Gasteiger partial charge >= 0.3 is 6.36 Å². The fourth-order valence-corrected chi connectivity index (χ4v) is 1.88. The highest BCUT2D eigenvalue weighted by molar-refractivity contribution is 5.57. The Balaban J connectivity index is 2.15. The Hall–Kier alpha value is -2.37. The number of para-hydroxylation sites is 3. The maximum Gasteiger partial charge on any atom is 0.573 e. The molecule has 0 aliphatic heterocycles. The summed E-state index contributed by atoms with van der Waals surface area (Å²) in [4.78, 5) is 0. The Morgan fingerprint density at radius 1 is 1.10 bits per heavy atom. The van der Waals surface area contributed by atoms with Crippen molar-refractivity contribution in [2.45, 2.75) is 19.8 Å². The summed E-state index contributed by atoms with van der Waals surface area (Å²) in [6.45, 7) is 1.94. The summed E-state index contributed by atoms with van der Waals surface area (Å²) in [5, 5.41) is 12.7. The van der Waals surface area contributed by atoms with E-state index >= 15 is 0 Å². The lowest BCUT2D eigenvalue weighted by Crippen LogP contribution is -2.18. The molecular weight excluding hydrogens is 283 g/mol. The van der Waals surface area contributed by atoms with Crippen LogP contribution in [0.15, 0.2) is 42.5 Å². The predicted octanol–water partition coefficient (Wildman–Crippen LogP) is 4.21. The number of hydrogen-bond donors (Lipinski definition) is 2. The van der Waals surface area contributed by atoms with E-state index in [9.17, 15) is 18.3 Å². The van der Waals surface area contributed by atoms with Crippen molar-refractivity contribution in [1.82, 2.24) is 0 Å². The van der Waals surface area contributed by atoms with Crippen LogP contribution in [0.5, 0.6) is 11.5 Å². The number of phenols is 1. The van der Waals surface area contributed by atoms with E-state index in [4.69, 9.17) is 0 Å². The molecule has 0 fully saturated rings. The van der Waals surface area contributed by atoms with Gasteiger partial charge in [-0.3, -0.25) is 0 Å². The van der Waals surface area contributed by atoms with Crippen LogP contribution in [0.4, 0.5) is 18.9 Å². The van der Waals surface area contributed by atoms with E-state index in [-0.39, 0.29) is 23.7 Å². The van der Waals surface area contributed by atoms with Crippen molar-refractivity contribution in [1.29, 1.82) is 0 Å². The van der Waals surface area contributed by atoms with Gasteiger partial charge < -0.3 is 15.2 Å². The highest BCUT2D eigenvalue weighted by Crippen LogP contribution is 2.31. The van der Waals surface area contributed by atoms with Gasteiger partial charge in [0.15, 0.2) is 5.75 Å². The molecule has 0 saturated heterocycles. The molecule has 21 heavy (non-hydrogen) atoms. The third-order valence-corrected chi connectivity index (χ3v) is 2.90. The van der Waals surface area contributed by atoms with Gasteiger partial charge in [-0.05, 0) is 24.6 Å². The number of rotatable bonds is 4. The Kier molecular flexibility index (Phi) is 4.26. The van der Waals surface area contributed by atoms with Crippen molar-refractivity contribution < 1.29 is 23.0 Å². The zero-order valence-electron chi connectivity index (χ0n) is 11.2. The van der Waals surface area contributed by atoms with Crippen LogP contribution in [-0.4, -0.2) is 11.5 Å². The zero-order chi connectivity index (χ0) is 15.5. The monoisotopic (exact) mass is 297 g/mol. The molecular formula is C15H14F3NO2. The summed E-state index contributed by atoms with van der Waals surface area (Å²) in [5.41, 5.74) is 1.50. The summed E-state index contributed by atoms with van der Waals surface area (Å²) >= 11 is 0. The number of hydrogen-bond acceptors (Lipinski definition) is 3. The number of aromatic hydroxyl groups is 1. The van der Waals surface area contributed by atoms with Gasteiger partial charge in [-0.2, -0.15) is 0 Å². The molecule has 2 N–H and O–H groups in total. The number of anilines is 1. The molecule has 6 heteroatoms. The largest absolute Gasteiger partial charge is 0.573 e. The van der Waals surface area contributed by atoms with Gasteiger partial charge in [0.25, 0.3) is 0 Å². The maximum atomic E-state index is 12.3. The van der Waals surface area contributed by atoms with Crippen LogP contribution in [0.1, 0.15) is 11.1 Å². The van der Waals surface area contributed by atoms with Crippen LogP contribution < -0.4 is 10.1 Å². The smallest absolute Gasteiger partial charge is 0.507 e. The van der Waals surface area contributed by atoms with Crippen molar-refractivity contribution in [3.63, 3.8) is 0 Å². The van der Waals surface area contributed by atoms with Crippen LogP contribution in [0.3, 0.4) is 0 Å². The zero-order valence-corrected chi connectivity index (χ0v) is 11.2. The van der Waals surface area contributed by atoms with Gasteiger partial charge in [0.2, 0.25) is 0 Å². The third kappa shape index (κ3) is 4.05. The molecule has 0 atom stereocenters. The summed E-state index contributed by atoms with van der Waals surface area (Å²) in [7, 11) is 0. The van der Waals surface area contributed by atoms with E-state index in [1.807, 2.05) is 0 Å². The van der Waals surface area contributed by atoms with Gasteiger partial charge in [0.05, 0.1) is 5.69 Å². The van der Waals surface area contributed by atoms with Gasteiger partial charge in [-0.15, -0.1) is 13.2 Å². The summed E-state index contributed by atoms with van der Waals surface area (Å²) in [5.74, 6) is -0.184. The molecule has 0 radical (unpaired) electrons. The second-order valence-electron chi connectivity index (χ2n) is 4.48. The van der Waals surface area contributed by atoms with Crippen molar-refractivity contribution in [2.75, 3.05) is 5.32 Å². The standard InChI is InChI=1S/C15H14F3NO2/c1-10-5-4-6-11(14(10)20)9-19-12-7-2-3-8-13(12)21-15(16,17)18/h2-8,19-20H,9H2,1H3. The van der Waals surface area contributed by atoms with Crippen LogP contribution in [-0.2, 0) is 6.54 Å². The van der Waals surface area contributed by atoms with Gasteiger partial charge in [-0.1, -0.05) is 30.3 Å². The molecule has 0 heterocycles. The minimum Gasteiger partial charge on any atom is -0.507 e. The Morgan fingerprint density at radius 3 is 2.52 bits per heavy atom. The molecule has 0 unspecified atom stereocenters. The number of halogens is 3. The Bertz CT molecular complexity index is 627. The first-order valence-electron chi connectivity index (χ1n) is 6.23. The van der Waals surface area contributed by atoms with E-state index in [0.29, 0.717) is 11.1 Å². The average Bonchev–Trinajstić information content (AvgIpc) is 2.40. The first-order chi connectivity index (χ1) is 9.87. The fraction of sp³-hybridized carbons (Fsp3) is 0.200. The molecule has 0 spiro atoms. The highest BCUT2D eigenvalue weighted by Gasteiger charge is 2.32. The van der Waals surface area contributed by atoms with Gasteiger partial charge in [-0.25, -0.2) is 0 Å². The highest BCUT2D eigenvalue weighted by atomic mass is 19.4. The average molecular weight is 297 g/mol. The van der Waals surface area contributed by atoms with Crippen LogP contribution >= 0.6 is 0 Å². The molecule has 0 saturated carbocycles. The number of phenolic OH excluding ortho intramolecular Hbond substituents is 1. The topological polar surface area (TPSA) is 41.5 Å². The second-order valence-corrected chi connectivity index (χ2v) is 4.48. The second kappa shape index (κ2) is 5.95. The van der Waals surface area contributed by atoms with Crippen molar-refractivity contribution in [3.8, 4) is 11.5 Å². The van der Waals surface area contributed by atoms with E-state index < -0.39 is 6.36 Å². The van der Waals surface area contributed by atoms with Crippen molar-refractivity contribution in [3.05, 3.63) is 53.6 Å². The minimum atomic E-state index is -4.75. The summed E-state index contributed by atoms with van der Waals surface area (Å²) in [6.07, 6.45) is -4.75. The lowest BCUT2D eigenvalue weighted by atomic mass is 10.1. The number of aryl methyl sites for hydroxylation is 1. The summed E-state index contributed by atoms with van der Waals surface area (Å²) in [6, 6.07) is 11.0. The van der Waals surface area contributed by atoms with Gasteiger partial charge in [0.1, 0.15) is 5.75 Å². The van der Waals surface area contributed by atoms with E-state index in [0.717, 1.165) is 0 Å². The molecule has 0 bridgehead atoms. The van der Waals surface area contributed by atoms with Crippen LogP contribution in [0, 0.1) is 6.92 Å². The number of alkyl halides is 3. The first-order valence-corrected chi connectivity index (χ1v) is 6.23. The Labute approximate surface area is 120 Å². The quantitative estimate of drug-likeness (QED) is 0.888. The summed E-state index contributed by atoms with van der Waals surface area (Å²) < 4.78 is 40.9. The predicted molar refractivity (Wildman–Crippen MR) is 73.3 cm³/mol. The number of nitrogens with one attached hydrogen (secondary N) is 1. The number of benzene rings is 2. The minimum absolute atomic E-state index is 0.124. The van der Waals surface area contributed by atoms with E-state index in [1.54, 1.807) is 31.2 Å². The van der Waals surface area contributed by atoms with E-state index in [2.05, 4.69) is 10.1 Å². The maximum absolute atomic E-state index is 12.3. The molecule has 2 rings (SSSR count). The normalized spacial score (nSPS) is 11.2. The number of ether oxygens (including phenoxy) is 1. The third-order valence-electron chi connectivity index (χ3n) is 2.90. The molecule has 112 valence electrons. The molecule has 0 amide bonds. The fourth-order valence-electron chi connectivity index (χ4n) is 1.88. The SMILES string of the molecule is Cc1cccc(CNc2ccccc2OC(F)(F)F)c1O. The van der Waals surface area contributed by atoms with Crippen LogP contribution in [0.2, 0.25) is 0 Å². The molecule has 2 aromatic rings. The van der Waals surface area contributed by atoms with E-state index in [1.165, 1.54) is 18.2 Å². The molecule has 3 nitrogen and oxygen atoms in total.